The number of halogens is 1. The zero-order valence-corrected chi connectivity index (χ0v) is 15.2. The number of hydrogen-bond donors (Lipinski definition) is 1. The van der Waals surface area contributed by atoms with E-state index in [1.807, 2.05) is 11.8 Å². The predicted octanol–water partition coefficient (Wildman–Crippen LogP) is 2.65. The van der Waals surface area contributed by atoms with Crippen molar-refractivity contribution >= 4 is 18.3 Å². The number of rotatable bonds is 5. The first-order valence-corrected chi connectivity index (χ1v) is 8.83. The van der Waals surface area contributed by atoms with Gasteiger partial charge in [-0.2, -0.15) is 0 Å². The number of carbonyl (C=O) groups is 1. The molecule has 0 spiro atoms. The summed E-state index contributed by atoms with van der Waals surface area (Å²) in [6.45, 7) is 8.93. The average molecular weight is 332 g/mol. The van der Waals surface area contributed by atoms with Gasteiger partial charge in [-0.15, -0.1) is 12.4 Å². The largest absolute Gasteiger partial charge is 0.339 e. The van der Waals surface area contributed by atoms with Gasteiger partial charge in [0.25, 0.3) is 0 Å². The minimum absolute atomic E-state index is 0. The van der Waals surface area contributed by atoms with Crippen molar-refractivity contribution in [3.05, 3.63) is 0 Å². The maximum atomic E-state index is 12.5. The Morgan fingerprint density at radius 1 is 1.14 bits per heavy atom. The highest BCUT2D eigenvalue weighted by Gasteiger charge is 2.33. The van der Waals surface area contributed by atoms with Gasteiger partial charge >= 0.3 is 0 Å². The topological polar surface area (TPSA) is 49.6 Å². The van der Waals surface area contributed by atoms with Crippen molar-refractivity contribution in [2.24, 2.45) is 11.7 Å². The van der Waals surface area contributed by atoms with Crippen molar-refractivity contribution in [3.63, 3.8) is 0 Å². The van der Waals surface area contributed by atoms with Crippen LogP contribution in [0.2, 0.25) is 0 Å². The first kappa shape index (κ1) is 19.7. The van der Waals surface area contributed by atoms with Crippen LogP contribution in [0.25, 0.3) is 0 Å². The molecule has 1 aliphatic heterocycles. The van der Waals surface area contributed by atoms with E-state index in [4.69, 9.17) is 5.73 Å². The Hall–Kier alpha value is -0.320. The second kappa shape index (κ2) is 9.09. The van der Waals surface area contributed by atoms with Gasteiger partial charge in [0.05, 0.1) is 5.54 Å². The fraction of sp³-hybridized carbons (Fsp3) is 0.941. The smallest absolute Gasteiger partial charge is 0.242 e. The first-order valence-electron chi connectivity index (χ1n) is 8.83. The summed E-state index contributed by atoms with van der Waals surface area (Å²) in [5.74, 6) is 1.03. The maximum Gasteiger partial charge on any atom is 0.242 e. The van der Waals surface area contributed by atoms with E-state index in [-0.39, 0.29) is 18.3 Å². The van der Waals surface area contributed by atoms with Crippen molar-refractivity contribution in [1.82, 2.24) is 9.80 Å². The molecule has 0 bridgehead atoms. The zero-order chi connectivity index (χ0) is 15.3. The van der Waals surface area contributed by atoms with Gasteiger partial charge in [-0.1, -0.05) is 32.6 Å². The number of hydrogen-bond acceptors (Lipinski definition) is 3. The number of amides is 1. The summed E-state index contributed by atoms with van der Waals surface area (Å²) in [4.78, 5) is 17.0. The van der Waals surface area contributed by atoms with Crippen LogP contribution in [0.4, 0.5) is 0 Å². The molecule has 130 valence electrons. The fourth-order valence-corrected chi connectivity index (χ4v) is 3.86. The van der Waals surface area contributed by atoms with Gasteiger partial charge in [-0.3, -0.25) is 9.69 Å². The highest BCUT2D eigenvalue weighted by Crippen LogP contribution is 2.25. The molecule has 1 atom stereocenters. The van der Waals surface area contributed by atoms with Crippen LogP contribution < -0.4 is 5.73 Å². The molecule has 1 heterocycles. The lowest BCUT2D eigenvalue weighted by molar-refractivity contribution is -0.138. The molecular weight excluding hydrogens is 298 g/mol. The van der Waals surface area contributed by atoms with E-state index in [2.05, 4.69) is 11.8 Å². The predicted molar refractivity (Wildman–Crippen MR) is 94.3 cm³/mol. The van der Waals surface area contributed by atoms with E-state index in [9.17, 15) is 4.79 Å². The van der Waals surface area contributed by atoms with Gasteiger partial charge in [0, 0.05) is 32.7 Å². The Morgan fingerprint density at radius 2 is 1.73 bits per heavy atom. The van der Waals surface area contributed by atoms with E-state index in [1.165, 1.54) is 38.6 Å². The van der Waals surface area contributed by atoms with E-state index in [1.54, 1.807) is 0 Å². The molecule has 2 aliphatic rings. The molecule has 1 saturated carbocycles. The number of piperazine rings is 1. The quantitative estimate of drug-likeness (QED) is 0.842. The average Bonchev–Trinajstić information content (AvgIpc) is 2.48. The van der Waals surface area contributed by atoms with Gasteiger partial charge in [0.2, 0.25) is 5.91 Å². The summed E-state index contributed by atoms with van der Waals surface area (Å²) in [6.07, 6.45) is 8.77. The molecule has 1 unspecified atom stereocenters. The first-order chi connectivity index (χ1) is 10.0. The third-order valence-corrected chi connectivity index (χ3v) is 5.16. The van der Waals surface area contributed by atoms with Crippen LogP contribution >= 0.6 is 12.4 Å². The highest BCUT2D eigenvalue weighted by molar-refractivity contribution is 5.86. The monoisotopic (exact) mass is 331 g/mol. The van der Waals surface area contributed by atoms with Gasteiger partial charge in [0.15, 0.2) is 0 Å². The molecular formula is C17H34ClN3O. The Labute approximate surface area is 142 Å². The second-order valence-corrected chi connectivity index (χ2v) is 7.26. The Balaban J connectivity index is 0.00000242. The van der Waals surface area contributed by atoms with Gasteiger partial charge in [-0.05, 0) is 32.1 Å². The van der Waals surface area contributed by atoms with Gasteiger partial charge < -0.3 is 10.6 Å². The van der Waals surface area contributed by atoms with Crippen LogP contribution in [-0.2, 0) is 4.79 Å². The molecule has 0 aromatic carbocycles. The molecule has 0 aromatic heterocycles. The third kappa shape index (κ3) is 5.39. The summed E-state index contributed by atoms with van der Waals surface area (Å²) in [5, 5.41) is 0. The standard InChI is InChI=1S/C17H33N3O.ClH/c1-3-9-17(2,18)16(21)20-12-10-19(11-13-20)14-15-7-5-4-6-8-15;/h15H,3-14,18H2,1-2H3;1H. The zero-order valence-electron chi connectivity index (χ0n) is 14.4. The fourth-order valence-electron chi connectivity index (χ4n) is 3.86. The van der Waals surface area contributed by atoms with E-state index < -0.39 is 5.54 Å². The normalized spacial score (nSPS) is 23.7. The summed E-state index contributed by atoms with van der Waals surface area (Å²) in [7, 11) is 0. The molecule has 0 radical (unpaired) electrons. The van der Waals surface area contributed by atoms with Crippen LogP contribution in [0.3, 0.4) is 0 Å². The summed E-state index contributed by atoms with van der Waals surface area (Å²) >= 11 is 0. The Morgan fingerprint density at radius 3 is 2.27 bits per heavy atom. The molecule has 4 nitrogen and oxygen atoms in total. The number of carbonyl (C=O) groups excluding carboxylic acids is 1. The molecule has 1 amide bonds. The van der Waals surface area contributed by atoms with Gasteiger partial charge in [0.1, 0.15) is 0 Å². The van der Waals surface area contributed by atoms with Crippen LogP contribution in [0, 0.1) is 5.92 Å². The molecule has 5 heteroatoms. The van der Waals surface area contributed by atoms with E-state index in [0.29, 0.717) is 0 Å². The van der Waals surface area contributed by atoms with Crippen molar-refractivity contribution in [2.75, 3.05) is 32.7 Å². The summed E-state index contributed by atoms with van der Waals surface area (Å²) < 4.78 is 0. The second-order valence-electron chi connectivity index (χ2n) is 7.26. The third-order valence-electron chi connectivity index (χ3n) is 5.16. The van der Waals surface area contributed by atoms with Crippen molar-refractivity contribution in [2.45, 2.75) is 64.3 Å². The molecule has 2 rings (SSSR count). The van der Waals surface area contributed by atoms with Crippen molar-refractivity contribution < 1.29 is 4.79 Å². The summed E-state index contributed by atoms with van der Waals surface area (Å²) in [6, 6.07) is 0. The minimum atomic E-state index is -0.680. The molecule has 22 heavy (non-hydrogen) atoms. The molecule has 0 aromatic rings. The molecule has 2 N–H and O–H groups in total. The van der Waals surface area contributed by atoms with Crippen molar-refractivity contribution in [1.29, 1.82) is 0 Å². The maximum absolute atomic E-state index is 12.5. The van der Waals surface area contributed by atoms with Crippen LogP contribution in [0.15, 0.2) is 0 Å². The lowest BCUT2D eigenvalue weighted by Crippen LogP contribution is -2.58. The highest BCUT2D eigenvalue weighted by atomic mass is 35.5. The Kier molecular flexibility index (Phi) is 8.15. The lowest BCUT2D eigenvalue weighted by Gasteiger charge is -2.40. The molecule has 1 aliphatic carbocycles. The van der Waals surface area contributed by atoms with Crippen LogP contribution in [0.5, 0.6) is 0 Å². The molecule has 2 fully saturated rings. The number of nitrogens with two attached hydrogens (primary N) is 1. The number of nitrogens with zero attached hydrogens (tertiary/aromatic N) is 2. The minimum Gasteiger partial charge on any atom is -0.339 e. The Bertz CT molecular complexity index is 335. The molecule has 1 saturated heterocycles. The summed E-state index contributed by atoms with van der Waals surface area (Å²) in [5.41, 5.74) is 5.50. The van der Waals surface area contributed by atoms with E-state index in [0.717, 1.165) is 44.9 Å². The van der Waals surface area contributed by atoms with Crippen LogP contribution in [-0.4, -0.2) is 54.0 Å². The van der Waals surface area contributed by atoms with Crippen molar-refractivity contribution in [3.8, 4) is 0 Å². The SMILES string of the molecule is CCCC(C)(N)C(=O)N1CCN(CC2CCCCC2)CC1.Cl. The van der Waals surface area contributed by atoms with Crippen LogP contribution in [0.1, 0.15) is 58.8 Å². The van der Waals surface area contributed by atoms with Gasteiger partial charge in [-0.25, -0.2) is 0 Å². The lowest BCUT2D eigenvalue weighted by atomic mass is 9.89. The van der Waals surface area contributed by atoms with E-state index >= 15 is 0 Å².